The number of carbonyl (C=O) groups is 1. The second-order valence-electron chi connectivity index (χ2n) is 3.59. The minimum absolute atomic E-state index is 0.240. The molecule has 0 spiro atoms. The summed E-state index contributed by atoms with van der Waals surface area (Å²) in [4.78, 5) is 15.1. The zero-order valence-electron chi connectivity index (χ0n) is 8.50. The Morgan fingerprint density at radius 3 is 2.79 bits per heavy atom. The fourth-order valence-electron chi connectivity index (χ4n) is 0.871. The molecule has 14 heavy (non-hydrogen) atoms. The predicted molar refractivity (Wildman–Crippen MR) is 49.4 cm³/mol. The molecule has 5 heteroatoms. The maximum absolute atomic E-state index is 11.2. The predicted octanol–water partition coefficient (Wildman–Crippen LogP) is 0.370. The van der Waals surface area contributed by atoms with E-state index in [4.69, 9.17) is 4.42 Å². The fourth-order valence-corrected chi connectivity index (χ4v) is 0.871. The first-order chi connectivity index (χ1) is 6.39. The van der Waals surface area contributed by atoms with Crippen LogP contribution >= 0.6 is 0 Å². The number of nitrogens with zero attached hydrogens (tertiary/aromatic N) is 1. The van der Waals surface area contributed by atoms with Crippen molar-refractivity contribution in [2.45, 2.75) is 32.9 Å². The van der Waals surface area contributed by atoms with Crippen LogP contribution in [0.15, 0.2) is 10.6 Å². The number of hydrogen-bond acceptors (Lipinski definition) is 4. The molecule has 0 saturated heterocycles. The lowest BCUT2D eigenvalue weighted by Gasteiger charge is -2.15. The average molecular weight is 198 g/mol. The number of aliphatic hydroxyl groups is 1. The molecule has 0 aliphatic carbocycles. The zero-order chi connectivity index (χ0) is 10.8. The van der Waals surface area contributed by atoms with Crippen LogP contribution in [-0.4, -0.2) is 21.6 Å². The standard InChI is InChI=1S/C9H14N2O3/c1-6-10-4-7(14-6)5-11-8(12)9(2,3)13/h4,13H,5H2,1-3H3,(H,11,12). The van der Waals surface area contributed by atoms with Gasteiger partial charge in [0.2, 0.25) is 0 Å². The van der Waals surface area contributed by atoms with Crippen molar-refractivity contribution in [3.8, 4) is 0 Å². The van der Waals surface area contributed by atoms with E-state index in [1.165, 1.54) is 13.8 Å². The number of rotatable bonds is 3. The Morgan fingerprint density at radius 1 is 1.71 bits per heavy atom. The zero-order valence-corrected chi connectivity index (χ0v) is 8.50. The van der Waals surface area contributed by atoms with Crippen molar-refractivity contribution in [2.24, 2.45) is 0 Å². The van der Waals surface area contributed by atoms with E-state index in [0.29, 0.717) is 11.7 Å². The van der Waals surface area contributed by atoms with Gasteiger partial charge in [0.15, 0.2) is 5.89 Å². The van der Waals surface area contributed by atoms with Crippen LogP contribution in [0.1, 0.15) is 25.5 Å². The smallest absolute Gasteiger partial charge is 0.251 e. The van der Waals surface area contributed by atoms with E-state index in [0.717, 1.165) is 0 Å². The molecule has 0 aliphatic heterocycles. The Hall–Kier alpha value is -1.36. The summed E-state index contributed by atoms with van der Waals surface area (Å²) in [5.41, 5.74) is -1.37. The van der Waals surface area contributed by atoms with E-state index >= 15 is 0 Å². The van der Waals surface area contributed by atoms with E-state index in [-0.39, 0.29) is 6.54 Å². The van der Waals surface area contributed by atoms with Crippen LogP contribution in [0.2, 0.25) is 0 Å². The molecule has 1 aromatic rings. The van der Waals surface area contributed by atoms with E-state index in [1.54, 1.807) is 13.1 Å². The number of oxazole rings is 1. The lowest BCUT2D eigenvalue weighted by Crippen LogP contribution is -2.41. The Labute approximate surface area is 82.1 Å². The molecule has 1 rings (SSSR count). The van der Waals surface area contributed by atoms with Crippen LogP contribution in [0.25, 0.3) is 0 Å². The summed E-state index contributed by atoms with van der Waals surface area (Å²) in [6, 6.07) is 0. The molecule has 1 heterocycles. The van der Waals surface area contributed by atoms with Gasteiger partial charge in [-0.1, -0.05) is 0 Å². The minimum atomic E-state index is -1.37. The largest absolute Gasteiger partial charge is 0.444 e. The number of aromatic nitrogens is 1. The van der Waals surface area contributed by atoms with Gasteiger partial charge in [0.05, 0.1) is 12.7 Å². The Kier molecular flexibility index (Phi) is 2.90. The molecule has 5 nitrogen and oxygen atoms in total. The molecular weight excluding hydrogens is 184 g/mol. The van der Waals surface area contributed by atoms with Crippen molar-refractivity contribution in [3.05, 3.63) is 17.8 Å². The first-order valence-electron chi connectivity index (χ1n) is 4.31. The Morgan fingerprint density at radius 2 is 2.36 bits per heavy atom. The van der Waals surface area contributed by atoms with Crippen LogP contribution in [0.3, 0.4) is 0 Å². The third kappa shape index (κ3) is 2.85. The van der Waals surface area contributed by atoms with Gasteiger partial charge >= 0.3 is 0 Å². The molecule has 0 atom stereocenters. The van der Waals surface area contributed by atoms with Crippen molar-refractivity contribution in [1.29, 1.82) is 0 Å². The quantitative estimate of drug-likeness (QED) is 0.735. The van der Waals surface area contributed by atoms with E-state index in [9.17, 15) is 9.90 Å². The summed E-state index contributed by atoms with van der Waals surface area (Å²) in [5, 5.41) is 11.8. The minimum Gasteiger partial charge on any atom is -0.444 e. The van der Waals surface area contributed by atoms with Crippen LogP contribution < -0.4 is 5.32 Å². The van der Waals surface area contributed by atoms with Crippen LogP contribution in [0.4, 0.5) is 0 Å². The molecule has 0 bridgehead atoms. The van der Waals surface area contributed by atoms with Gasteiger partial charge in [-0.05, 0) is 13.8 Å². The molecule has 0 radical (unpaired) electrons. The molecular formula is C9H14N2O3. The van der Waals surface area contributed by atoms with E-state index in [1.807, 2.05) is 0 Å². The summed E-state index contributed by atoms with van der Waals surface area (Å²) in [5.74, 6) is 0.684. The molecule has 0 aromatic carbocycles. The average Bonchev–Trinajstić information content (AvgIpc) is 2.45. The summed E-state index contributed by atoms with van der Waals surface area (Å²) in [6.07, 6.45) is 1.54. The molecule has 78 valence electrons. The van der Waals surface area contributed by atoms with Crippen molar-refractivity contribution in [1.82, 2.24) is 10.3 Å². The highest BCUT2D eigenvalue weighted by atomic mass is 16.4. The Bertz CT molecular complexity index is 325. The third-order valence-corrected chi connectivity index (χ3v) is 1.65. The monoisotopic (exact) mass is 198 g/mol. The van der Waals surface area contributed by atoms with Gasteiger partial charge in [0, 0.05) is 6.92 Å². The first kappa shape index (κ1) is 10.7. The van der Waals surface area contributed by atoms with Gasteiger partial charge in [-0.25, -0.2) is 4.98 Å². The number of aryl methyl sites for hydroxylation is 1. The lowest BCUT2D eigenvalue weighted by molar-refractivity contribution is -0.136. The van der Waals surface area contributed by atoms with E-state index in [2.05, 4.69) is 10.3 Å². The summed E-state index contributed by atoms with van der Waals surface area (Å²) < 4.78 is 5.14. The SMILES string of the molecule is Cc1ncc(CNC(=O)C(C)(C)O)o1. The normalized spacial score (nSPS) is 11.4. The maximum Gasteiger partial charge on any atom is 0.251 e. The number of nitrogens with one attached hydrogen (secondary N) is 1. The van der Waals surface area contributed by atoms with Crippen LogP contribution in [0.5, 0.6) is 0 Å². The maximum atomic E-state index is 11.2. The summed E-state index contributed by atoms with van der Waals surface area (Å²) in [7, 11) is 0. The summed E-state index contributed by atoms with van der Waals surface area (Å²) >= 11 is 0. The third-order valence-electron chi connectivity index (χ3n) is 1.65. The van der Waals surface area contributed by atoms with Crippen LogP contribution in [-0.2, 0) is 11.3 Å². The highest BCUT2D eigenvalue weighted by Crippen LogP contribution is 2.04. The molecule has 0 aliphatic rings. The molecule has 1 aromatic heterocycles. The van der Waals surface area contributed by atoms with Gasteiger partial charge in [-0.15, -0.1) is 0 Å². The highest BCUT2D eigenvalue weighted by Gasteiger charge is 2.23. The molecule has 1 amide bonds. The van der Waals surface area contributed by atoms with Gasteiger partial charge < -0.3 is 14.8 Å². The summed E-state index contributed by atoms with van der Waals surface area (Å²) in [6.45, 7) is 4.81. The lowest BCUT2D eigenvalue weighted by atomic mass is 10.1. The molecule has 0 saturated carbocycles. The number of amides is 1. The van der Waals surface area contributed by atoms with Crippen molar-refractivity contribution >= 4 is 5.91 Å². The van der Waals surface area contributed by atoms with Crippen LogP contribution in [0, 0.1) is 6.92 Å². The Balaban J connectivity index is 2.46. The second kappa shape index (κ2) is 3.79. The van der Waals surface area contributed by atoms with E-state index < -0.39 is 11.5 Å². The first-order valence-corrected chi connectivity index (χ1v) is 4.31. The van der Waals surface area contributed by atoms with Crippen molar-refractivity contribution < 1.29 is 14.3 Å². The molecule has 0 fully saturated rings. The molecule has 0 unspecified atom stereocenters. The van der Waals surface area contributed by atoms with Gasteiger partial charge in [-0.2, -0.15) is 0 Å². The van der Waals surface area contributed by atoms with Gasteiger partial charge in [0.25, 0.3) is 5.91 Å². The fraction of sp³-hybridized carbons (Fsp3) is 0.556. The molecule has 2 N–H and O–H groups in total. The van der Waals surface area contributed by atoms with Gasteiger partial charge in [-0.3, -0.25) is 4.79 Å². The number of hydrogen-bond donors (Lipinski definition) is 2. The number of carbonyl (C=O) groups excluding carboxylic acids is 1. The second-order valence-corrected chi connectivity index (χ2v) is 3.59. The van der Waals surface area contributed by atoms with Gasteiger partial charge in [0.1, 0.15) is 11.4 Å². The van der Waals surface area contributed by atoms with Crippen molar-refractivity contribution in [2.75, 3.05) is 0 Å². The van der Waals surface area contributed by atoms with Crippen molar-refractivity contribution in [3.63, 3.8) is 0 Å². The topological polar surface area (TPSA) is 75.4 Å². The highest BCUT2D eigenvalue weighted by molar-refractivity contribution is 5.83.